The van der Waals surface area contributed by atoms with Crippen LogP contribution in [0.2, 0.25) is 0 Å². The van der Waals surface area contributed by atoms with E-state index >= 15 is 0 Å². The molecule has 1 aliphatic rings. The molecule has 3 nitrogen and oxygen atoms in total. The summed E-state index contributed by atoms with van der Waals surface area (Å²) < 4.78 is 11.7. The first kappa shape index (κ1) is 16.7. The zero-order chi connectivity index (χ0) is 14.1. The van der Waals surface area contributed by atoms with E-state index in [0.717, 1.165) is 58.5 Å². The molecule has 0 spiro atoms. The van der Waals surface area contributed by atoms with E-state index in [-0.39, 0.29) is 5.60 Å². The van der Waals surface area contributed by atoms with Gasteiger partial charge in [0.25, 0.3) is 0 Å². The van der Waals surface area contributed by atoms with Crippen molar-refractivity contribution >= 4 is 0 Å². The van der Waals surface area contributed by atoms with Gasteiger partial charge in [0.1, 0.15) is 0 Å². The molecule has 0 radical (unpaired) electrons. The molecule has 0 saturated carbocycles. The summed E-state index contributed by atoms with van der Waals surface area (Å²) in [6.45, 7) is 14.1. The first-order valence-corrected chi connectivity index (χ1v) is 7.80. The summed E-state index contributed by atoms with van der Waals surface area (Å²) in [4.78, 5) is 0. The highest BCUT2D eigenvalue weighted by Crippen LogP contribution is 2.32. The number of nitrogens with one attached hydrogen (secondary N) is 1. The Bertz CT molecular complexity index is 254. The van der Waals surface area contributed by atoms with Crippen molar-refractivity contribution in [3.63, 3.8) is 0 Å². The van der Waals surface area contributed by atoms with Gasteiger partial charge >= 0.3 is 0 Å². The van der Waals surface area contributed by atoms with Crippen LogP contribution in [-0.2, 0) is 9.47 Å². The highest BCUT2D eigenvalue weighted by Gasteiger charge is 2.40. The van der Waals surface area contributed by atoms with Crippen LogP contribution in [0.5, 0.6) is 0 Å². The van der Waals surface area contributed by atoms with Gasteiger partial charge < -0.3 is 14.8 Å². The van der Waals surface area contributed by atoms with Crippen LogP contribution < -0.4 is 5.32 Å². The molecule has 1 unspecified atom stereocenters. The van der Waals surface area contributed by atoms with Crippen molar-refractivity contribution in [2.24, 2.45) is 0 Å². The van der Waals surface area contributed by atoms with Crippen LogP contribution in [0, 0.1) is 0 Å². The lowest BCUT2D eigenvalue weighted by atomic mass is 9.82. The zero-order valence-corrected chi connectivity index (χ0v) is 13.0. The summed E-state index contributed by atoms with van der Waals surface area (Å²) in [5.74, 6) is 0. The fraction of sp³-hybridized carbons (Fsp3) is 0.875. The maximum absolute atomic E-state index is 6.19. The van der Waals surface area contributed by atoms with Gasteiger partial charge in [-0.25, -0.2) is 0 Å². The molecule has 1 fully saturated rings. The summed E-state index contributed by atoms with van der Waals surface area (Å²) in [5, 5.41) is 3.69. The van der Waals surface area contributed by atoms with Gasteiger partial charge in [-0.1, -0.05) is 26.0 Å². The highest BCUT2D eigenvalue weighted by molar-refractivity contribution is 5.04. The Morgan fingerprint density at radius 3 is 2.53 bits per heavy atom. The van der Waals surface area contributed by atoms with Crippen LogP contribution in [0.1, 0.15) is 52.9 Å². The van der Waals surface area contributed by atoms with Crippen LogP contribution in [0.4, 0.5) is 0 Å². The topological polar surface area (TPSA) is 30.5 Å². The molecule has 0 aromatic carbocycles. The summed E-state index contributed by atoms with van der Waals surface area (Å²) in [7, 11) is 0. The first-order valence-electron chi connectivity index (χ1n) is 7.80. The van der Waals surface area contributed by atoms with E-state index in [1.54, 1.807) is 0 Å². The predicted molar refractivity (Wildman–Crippen MR) is 80.5 cm³/mol. The zero-order valence-electron chi connectivity index (χ0n) is 13.0. The standard InChI is InChI=1S/C16H31NO2/c1-5-10-17-15(13-14(4)6-2)16(19-7-3)8-11-18-12-9-16/h15,17H,4-13H2,1-3H3. The SMILES string of the molecule is C=C(CC)CC(NCCC)C1(OCC)CCOCC1. The second kappa shape index (κ2) is 8.72. The second-order valence-electron chi connectivity index (χ2n) is 5.42. The van der Waals surface area contributed by atoms with Crippen LogP contribution in [-0.4, -0.2) is 38.0 Å². The second-order valence-corrected chi connectivity index (χ2v) is 5.42. The Labute approximate surface area is 118 Å². The van der Waals surface area contributed by atoms with Gasteiger partial charge in [0, 0.05) is 38.7 Å². The summed E-state index contributed by atoms with van der Waals surface area (Å²) in [5.41, 5.74) is 1.24. The van der Waals surface area contributed by atoms with E-state index in [0.29, 0.717) is 6.04 Å². The quantitative estimate of drug-likeness (QED) is 0.652. The lowest BCUT2D eigenvalue weighted by Crippen LogP contribution is -2.55. The normalized spacial score (nSPS) is 20.2. The van der Waals surface area contributed by atoms with Gasteiger partial charge in [-0.3, -0.25) is 0 Å². The largest absolute Gasteiger partial charge is 0.381 e. The fourth-order valence-corrected chi connectivity index (χ4v) is 2.79. The van der Waals surface area contributed by atoms with Crippen molar-refractivity contribution < 1.29 is 9.47 Å². The smallest absolute Gasteiger partial charge is 0.0881 e. The lowest BCUT2D eigenvalue weighted by molar-refractivity contribution is -0.126. The number of hydrogen-bond donors (Lipinski definition) is 1. The van der Waals surface area contributed by atoms with Gasteiger partial charge in [-0.15, -0.1) is 0 Å². The Morgan fingerprint density at radius 2 is 2.00 bits per heavy atom. The van der Waals surface area contributed by atoms with E-state index < -0.39 is 0 Å². The molecule has 19 heavy (non-hydrogen) atoms. The minimum Gasteiger partial charge on any atom is -0.381 e. The van der Waals surface area contributed by atoms with Gasteiger partial charge in [0.2, 0.25) is 0 Å². The third kappa shape index (κ3) is 4.90. The van der Waals surface area contributed by atoms with E-state index in [1.807, 2.05) is 0 Å². The molecule has 0 amide bonds. The fourth-order valence-electron chi connectivity index (χ4n) is 2.79. The molecule has 1 atom stereocenters. The molecule has 1 rings (SSSR count). The maximum Gasteiger partial charge on any atom is 0.0881 e. The van der Waals surface area contributed by atoms with Crippen molar-refractivity contribution in [2.45, 2.75) is 64.5 Å². The summed E-state index contributed by atoms with van der Waals surface area (Å²) in [6, 6.07) is 0.365. The van der Waals surface area contributed by atoms with E-state index in [2.05, 4.69) is 32.7 Å². The maximum atomic E-state index is 6.19. The molecule has 1 N–H and O–H groups in total. The molecule has 3 heteroatoms. The molecule has 0 aromatic rings. The van der Waals surface area contributed by atoms with Crippen LogP contribution in [0.25, 0.3) is 0 Å². The highest BCUT2D eigenvalue weighted by atomic mass is 16.5. The molecular weight excluding hydrogens is 238 g/mol. The minimum absolute atomic E-state index is 0.0692. The van der Waals surface area contributed by atoms with Gasteiger partial charge in [-0.05, 0) is 32.7 Å². The molecule has 0 bridgehead atoms. The van der Waals surface area contributed by atoms with E-state index in [4.69, 9.17) is 9.47 Å². The summed E-state index contributed by atoms with van der Waals surface area (Å²) >= 11 is 0. The van der Waals surface area contributed by atoms with Crippen LogP contribution in [0.15, 0.2) is 12.2 Å². The molecule has 1 aliphatic heterocycles. The summed E-state index contributed by atoms with van der Waals surface area (Å²) in [6.07, 6.45) is 5.17. The Hall–Kier alpha value is -0.380. The average Bonchev–Trinajstić information content (AvgIpc) is 2.44. The Morgan fingerprint density at radius 1 is 1.32 bits per heavy atom. The van der Waals surface area contributed by atoms with Crippen molar-refractivity contribution in [2.75, 3.05) is 26.4 Å². The van der Waals surface area contributed by atoms with Crippen LogP contribution >= 0.6 is 0 Å². The monoisotopic (exact) mass is 269 g/mol. The van der Waals surface area contributed by atoms with Crippen molar-refractivity contribution in [1.82, 2.24) is 5.32 Å². The van der Waals surface area contributed by atoms with Gasteiger partial charge in [0.05, 0.1) is 5.60 Å². The first-order chi connectivity index (χ1) is 9.18. The molecule has 0 aliphatic carbocycles. The minimum atomic E-state index is -0.0692. The number of ether oxygens (including phenoxy) is 2. The van der Waals surface area contributed by atoms with E-state index in [1.165, 1.54) is 5.57 Å². The molecule has 0 aromatic heterocycles. The van der Waals surface area contributed by atoms with Crippen molar-refractivity contribution in [3.05, 3.63) is 12.2 Å². The number of rotatable bonds is 9. The van der Waals surface area contributed by atoms with Crippen LogP contribution in [0.3, 0.4) is 0 Å². The van der Waals surface area contributed by atoms with Gasteiger partial charge in [-0.2, -0.15) is 0 Å². The van der Waals surface area contributed by atoms with Crippen molar-refractivity contribution in [1.29, 1.82) is 0 Å². The van der Waals surface area contributed by atoms with Gasteiger partial charge in [0.15, 0.2) is 0 Å². The molecule has 1 saturated heterocycles. The Kier molecular flexibility index (Phi) is 7.66. The molecular formula is C16H31NO2. The Balaban J connectivity index is 2.78. The predicted octanol–water partition coefficient (Wildman–Crippen LogP) is 3.30. The third-order valence-corrected chi connectivity index (χ3v) is 4.04. The average molecular weight is 269 g/mol. The third-order valence-electron chi connectivity index (χ3n) is 4.04. The lowest BCUT2D eigenvalue weighted by Gasteiger charge is -2.44. The molecule has 112 valence electrons. The molecule has 1 heterocycles. The van der Waals surface area contributed by atoms with E-state index in [9.17, 15) is 0 Å². The van der Waals surface area contributed by atoms with Crippen molar-refractivity contribution in [3.8, 4) is 0 Å². The number of hydrogen-bond acceptors (Lipinski definition) is 3.